The number of rotatable bonds is 8. The molecule has 0 aliphatic heterocycles. The Hall–Kier alpha value is -3.23. The predicted molar refractivity (Wildman–Crippen MR) is 105 cm³/mol. The van der Waals surface area contributed by atoms with Gasteiger partial charge in [-0.25, -0.2) is 17.9 Å². The van der Waals surface area contributed by atoms with Crippen LogP contribution in [-0.4, -0.2) is 27.4 Å². The van der Waals surface area contributed by atoms with Crippen LogP contribution in [0.1, 0.15) is 15.9 Å². The van der Waals surface area contributed by atoms with Crippen molar-refractivity contribution in [2.24, 2.45) is 5.14 Å². The lowest BCUT2D eigenvalue weighted by molar-refractivity contribution is 0.103. The Kier molecular flexibility index (Phi) is 6.26. The third-order valence-corrected chi connectivity index (χ3v) is 4.93. The summed E-state index contributed by atoms with van der Waals surface area (Å²) in [4.78, 5) is 12.4. The van der Waals surface area contributed by atoms with E-state index < -0.39 is 15.8 Å². The van der Waals surface area contributed by atoms with Crippen molar-refractivity contribution in [2.75, 3.05) is 13.2 Å². The highest BCUT2D eigenvalue weighted by atomic mass is 32.2. The average molecular weight is 415 g/mol. The molecule has 0 radical (unpaired) electrons. The molecule has 2 N–H and O–H groups in total. The minimum absolute atomic E-state index is 0.0105. The summed E-state index contributed by atoms with van der Waals surface area (Å²) in [6.45, 7) is 0.493. The van der Waals surface area contributed by atoms with E-state index in [1.165, 1.54) is 48.5 Å². The molecular formula is C21H18FNO5S. The van der Waals surface area contributed by atoms with Gasteiger partial charge in [0.25, 0.3) is 0 Å². The zero-order chi connectivity index (χ0) is 20.9. The monoisotopic (exact) mass is 415 g/mol. The van der Waals surface area contributed by atoms with E-state index in [0.29, 0.717) is 22.6 Å². The van der Waals surface area contributed by atoms with Gasteiger partial charge in [-0.15, -0.1) is 0 Å². The molecule has 29 heavy (non-hydrogen) atoms. The second kappa shape index (κ2) is 8.85. The molecule has 3 rings (SSSR count). The lowest BCUT2D eigenvalue weighted by Crippen LogP contribution is -2.12. The van der Waals surface area contributed by atoms with Gasteiger partial charge in [0.2, 0.25) is 10.0 Å². The summed E-state index contributed by atoms with van der Waals surface area (Å²) in [5.74, 6) is 0.450. The second-order valence-corrected chi connectivity index (χ2v) is 7.64. The molecule has 8 heteroatoms. The van der Waals surface area contributed by atoms with Crippen molar-refractivity contribution in [2.45, 2.75) is 4.90 Å². The van der Waals surface area contributed by atoms with Crippen molar-refractivity contribution in [3.8, 4) is 11.5 Å². The Labute approximate surface area is 167 Å². The van der Waals surface area contributed by atoms with Crippen LogP contribution < -0.4 is 14.6 Å². The van der Waals surface area contributed by atoms with Gasteiger partial charge in [-0.3, -0.25) is 4.79 Å². The van der Waals surface area contributed by atoms with Gasteiger partial charge in [0.05, 0.1) is 4.90 Å². The SMILES string of the molecule is NS(=O)(=O)c1ccc(OCCOc2ccc(C(=O)c3ccc(F)cc3)cc2)cc1. The summed E-state index contributed by atoms with van der Waals surface area (Å²) in [6, 6.07) is 17.7. The molecule has 0 spiro atoms. The number of hydrogen-bond acceptors (Lipinski definition) is 5. The third-order valence-electron chi connectivity index (χ3n) is 4.00. The molecule has 0 heterocycles. The fraction of sp³-hybridized carbons (Fsp3) is 0.0952. The van der Waals surface area contributed by atoms with Crippen LogP contribution in [-0.2, 0) is 10.0 Å². The van der Waals surface area contributed by atoms with Gasteiger partial charge in [-0.2, -0.15) is 0 Å². The van der Waals surface area contributed by atoms with E-state index in [0.717, 1.165) is 0 Å². The Balaban J connectivity index is 1.49. The smallest absolute Gasteiger partial charge is 0.238 e. The first-order valence-electron chi connectivity index (χ1n) is 8.62. The van der Waals surface area contributed by atoms with Gasteiger partial charge in [-0.05, 0) is 72.8 Å². The van der Waals surface area contributed by atoms with Crippen molar-refractivity contribution in [1.29, 1.82) is 0 Å². The van der Waals surface area contributed by atoms with Gasteiger partial charge in [0.15, 0.2) is 5.78 Å². The van der Waals surface area contributed by atoms with Crippen LogP contribution in [0.2, 0.25) is 0 Å². The number of ketones is 1. The molecule has 0 saturated heterocycles. The summed E-state index contributed by atoms with van der Waals surface area (Å²) >= 11 is 0. The van der Waals surface area contributed by atoms with Gasteiger partial charge < -0.3 is 9.47 Å². The molecule has 0 aromatic heterocycles. The highest BCUT2D eigenvalue weighted by Gasteiger charge is 2.09. The van der Waals surface area contributed by atoms with Crippen LogP contribution in [0.4, 0.5) is 4.39 Å². The first-order valence-corrected chi connectivity index (χ1v) is 10.2. The fourth-order valence-electron chi connectivity index (χ4n) is 2.52. The van der Waals surface area contributed by atoms with Crippen molar-refractivity contribution < 1.29 is 27.1 Å². The molecule has 3 aromatic rings. The average Bonchev–Trinajstić information content (AvgIpc) is 2.71. The number of primary sulfonamides is 1. The number of halogens is 1. The number of hydrogen-bond donors (Lipinski definition) is 1. The molecule has 0 fully saturated rings. The minimum Gasteiger partial charge on any atom is -0.490 e. The molecule has 3 aromatic carbocycles. The third kappa shape index (κ3) is 5.63. The number of carbonyl (C=O) groups is 1. The summed E-state index contributed by atoms with van der Waals surface area (Å²) in [5, 5.41) is 5.04. The van der Waals surface area contributed by atoms with Crippen molar-refractivity contribution in [1.82, 2.24) is 0 Å². The molecule has 0 unspecified atom stereocenters. The molecule has 0 saturated carbocycles. The van der Waals surface area contributed by atoms with Crippen LogP contribution in [0, 0.1) is 5.82 Å². The molecule has 0 aliphatic carbocycles. The molecule has 0 aliphatic rings. The zero-order valence-corrected chi connectivity index (χ0v) is 16.1. The van der Waals surface area contributed by atoms with E-state index in [4.69, 9.17) is 14.6 Å². The van der Waals surface area contributed by atoms with Gasteiger partial charge >= 0.3 is 0 Å². The van der Waals surface area contributed by atoms with E-state index in [1.807, 2.05) is 0 Å². The van der Waals surface area contributed by atoms with E-state index in [2.05, 4.69) is 0 Å². The summed E-state index contributed by atoms with van der Waals surface area (Å²) in [6.07, 6.45) is 0. The fourth-order valence-corrected chi connectivity index (χ4v) is 3.03. The second-order valence-electron chi connectivity index (χ2n) is 6.07. The minimum atomic E-state index is -3.73. The maximum atomic E-state index is 13.0. The van der Waals surface area contributed by atoms with Crippen molar-refractivity contribution in [3.05, 3.63) is 89.7 Å². The number of sulfonamides is 1. The van der Waals surface area contributed by atoms with E-state index in [-0.39, 0.29) is 23.9 Å². The van der Waals surface area contributed by atoms with Crippen LogP contribution >= 0.6 is 0 Å². The Morgan fingerprint density at radius 1 is 0.759 bits per heavy atom. The van der Waals surface area contributed by atoms with Crippen LogP contribution in [0.25, 0.3) is 0 Å². The lowest BCUT2D eigenvalue weighted by Gasteiger charge is -2.09. The number of carbonyl (C=O) groups excluding carboxylic acids is 1. The van der Waals surface area contributed by atoms with E-state index >= 15 is 0 Å². The van der Waals surface area contributed by atoms with E-state index in [9.17, 15) is 17.6 Å². The molecule has 150 valence electrons. The highest BCUT2D eigenvalue weighted by Crippen LogP contribution is 2.17. The molecule has 0 amide bonds. The molecule has 6 nitrogen and oxygen atoms in total. The molecular weight excluding hydrogens is 397 g/mol. The first kappa shape index (κ1) is 20.5. The van der Waals surface area contributed by atoms with Crippen molar-refractivity contribution >= 4 is 15.8 Å². The maximum absolute atomic E-state index is 13.0. The quantitative estimate of drug-likeness (QED) is 0.450. The van der Waals surface area contributed by atoms with Gasteiger partial charge in [0, 0.05) is 11.1 Å². The van der Waals surface area contributed by atoms with Gasteiger partial charge in [0.1, 0.15) is 30.5 Å². The zero-order valence-electron chi connectivity index (χ0n) is 15.2. The Bertz CT molecular complexity index is 1080. The summed E-state index contributed by atoms with van der Waals surface area (Å²) < 4.78 is 46.4. The summed E-state index contributed by atoms with van der Waals surface area (Å²) in [5.41, 5.74) is 0.872. The molecule has 0 bridgehead atoms. The van der Waals surface area contributed by atoms with Crippen LogP contribution in [0.3, 0.4) is 0 Å². The Morgan fingerprint density at radius 3 is 1.62 bits per heavy atom. The summed E-state index contributed by atoms with van der Waals surface area (Å²) in [7, 11) is -3.73. The van der Waals surface area contributed by atoms with Gasteiger partial charge in [-0.1, -0.05) is 0 Å². The van der Waals surface area contributed by atoms with Crippen LogP contribution in [0.5, 0.6) is 11.5 Å². The first-order chi connectivity index (χ1) is 13.8. The normalized spacial score (nSPS) is 11.1. The van der Waals surface area contributed by atoms with Crippen molar-refractivity contribution in [3.63, 3.8) is 0 Å². The Morgan fingerprint density at radius 2 is 1.17 bits per heavy atom. The number of benzene rings is 3. The standard InChI is InChI=1S/C21H18FNO5S/c22-17-5-1-15(2-6-17)21(24)16-3-7-18(8-4-16)27-13-14-28-19-9-11-20(12-10-19)29(23,25)26/h1-12H,13-14H2,(H2,23,25,26). The predicted octanol–water partition coefficient (Wildman–Crippen LogP) is 3.16. The maximum Gasteiger partial charge on any atom is 0.238 e. The molecule has 0 atom stereocenters. The number of nitrogens with two attached hydrogens (primary N) is 1. The number of ether oxygens (including phenoxy) is 2. The van der Waals surface area contributed by atoms with E-state index in [1.54, 1.807) is 24.3 Å². The lowest BCUT2D eigenvalue weighted by atomic mass is 10.0. The topological polar surface area (TPSA) is 95.7 Å². The van der Waals surface area contributed by atoms with Crippen LogP contribution in [0.15, 0.2) is 77.7 Å². The highest BCUT2D eigenvalue weighted by molar-refractivity contribution is 7.89. The largest absolute Gasteiger partial charge is 0.490 e.